The van der Waals surface area contributed by atoms with E-state index in [2.05, 4.69) is 4.74 Å². The largest absolute Gasteiger partial charge is 0.394 e. The summed E-state index contributed by atoms with van der Waals surface area (Å²) in [5, 5.41) is 66.8. The predicted molar refractivity (Wildman–Crippen MR) is 62.6 cm³/mol. The molecule has 2 fully saturated rings. The van der Waals surface area contributed by atoms with E-state index < -0.39 is 61.9 Å². The van der Waals surface area contributed by atoms with E-state index >= 15 is 0 Å². The Kier molecular flexibility index (Phi) is 5.48. The molecule has 0 amide bonds. The van der Waals surface area contributed by atoms with Crippen molar-refractivity contribution >= 4 is 0 Å². The summed E-state index contributed by atoms with van der Waals surface area (Å²) in [6, 6.07) is 0. The maximum absolute atomic E-state index is 9.79. The molecule has 2 aliphatic heterocycles. The highest BCUT2D eigenvalue weighted by molar-refractivity contribution is 4.91. The van der Waals surface area contributed by atoms with Crippen LogP contribution in [0, 0.1) is 0 Å². The van der Waals surface area contributed by atoms with Crippen molar-refractivity contribution in [2.75, 3.05) is 13.2 Å². The maximum atomic E-state index is 9.79. The second kappa shape index (κ2) is 6.79. The summed E-state index contributed by atoms with van der Waals surface area (Å²) in [4.78, 5) is 0. The summed E-state index contributed by atoms with van der Waals surface area (Å²) in [5.74, 6) is 0. The first kappa shape index (κ1) is 17.0. The lowest BCUT2D eigenvalue weighted by atomic mass is 9.98. The van der Waals surface area contributed by atoms with Gasteiger partial charge in [-0.2, -0.15) is 0 Å². The first-order valence-corrected chi connectivity index (χ1v) is 6.48. The molecule has 10 nitrogen and oxygen atoms in total. The van der Waals surface area contributed by atoms with Gasteiger partial charge in [0.05, 0.1) is 13.2 Å². The SMILES string of the molecule is OC[C@@H]1O[C@H](O[C@H]2[C@H](O)[C@H](O)OC[C@@H]2O)[C@H](O)[C@H](O)[C@H]1O. The number of aliphatic hydroxyl groups excluding tert-OH is 7. The highest BCUT2D eigenvalue weighted by atomic mass is 16.7. The van der Waals surface area contributed by atoms with Crippen molar-refractivity contribution in [3.8, 4) is 0 Å². The highest BCUT2D eigenvalue weighted by Gasteiger charge is 2.48. The first-order valence-electron chi connectivity index (χ1n) is 6.48. The van der Waals surface area contributed by atoms with Crippen LogP contribution in [0.3, 0.4) is 0 Å². The fourth-order valence-electron chi connectivity index (χ4n) is 2.29. The van der Waals surface area contributed by atoms with Crippen LogP contribution in [-0.2, 0) is 14.2 Å². The molecule has 0 radical (unpaired) electrons. The van der Waals surface area contributed by atoms with Gasteiger partial charge in [0.15, 0.2) is 12.6 Å². The summed E-state index contributed by atoms with van der Waals surface area (Å²) in [7, 11) is 0. The molecule has 2 saturated heterocycles. The zero-order chi connectivity index (χ0) is 15.7. The third-order valence-corrected chi connectivity index (χ3v) is 3.59. The van der Waals surface area contributed by atoms with E-state index in [9.17, 15) is 30.6 Å². The van der Waals surface area contributed by atoms with E-state index in [0.717, 1.165) is 0 Å². The van der Waals surface area contributed by atoms with Crippen molar-refractivity contribution < 1.29 is 50.0 Å². The highest BCUT2D eigenvalue weighted by Crippen LogP contribution is 2.26. The summed E-state index contributed by atoms with van der Waals surface area (Å²) < 4.78 is 15.0. The van der Waals surface area contributed by atoms with Crippen molar-refractivity contribution in [1.82, 2.24) is 0 Å². The van der Waals surface area contributed by atoms with Gasteiger partial charge in [-0.25, -0.2) is 0 Å². The van der Waals surface area contributed by atoms with Crippen LogP contribution in [-0.4, -0.2) is 104 Å². The van der Waals surface area contributed by atoms with Crippen LogP contribution in [0.5, 0.6) is 0 Å². The average molecular weight is 312 g/mol. The van der Waals surface area contributed by atoms with Gasteiger partial charge in [0.1, 0.15) is 42.7 Å². The van der Waals surface area contributed by atoms with E-state index in [0.29, 0.717) is 0 Å². The Hall–Kier alpha value is -0.400. The standard InChI is InChI=1S/C11H20O10/c12-1-4-5(14)6(15)7(16)11(20-4)21-9-3(13)2-19-10(18)8(9)17/h3-18H,1-2H2/t3-,4-,5-,6+,7+,8-,9+,10+,11+/m0/s1. The Morgan fingerprint density at radius 1 is 0.905 bits per heavy atom. The maximum Gasteiger partial charge on any atom is 0.187 e. The molecule has 0 aromatic rings. The molecule has 0 aromatic heterocycles. The number of ether oxygens (including phenoxy) is 3. The average Bonchev–Trinajstić information content (AvgIpc) is 2.47. The molecule has 0 unspecified atom stereocenters. The zero-order valence-electron chi connectivity index (χ0n) is 11.0. The fraction of sp³-hybridized carbons (Fsp3) is 1.00. The zero-order valence-corrected chi connectivity index (χ0v) is 11.0. The molecule has 7 N–H and O–H groups in total. The van der Waals surface area contributed by atoms with Gasteiger partial charge >= 0.3 is 0 Å². The second-order valence-electron chi connectivity index (χ2n) is 5.08. The van der Waals surface area contributed by atoms with Gasteiger partial charge in [0.25, 0.3) is 0 Å². The number of hydrogen-bond acceptors (Lipinski definition) is 10. The molecule has 10 heteroatoms. The topological polar surface area (TPSA) is 169 Å². The molecule has 0 saturated carbocycles. The summed E-state index contributed by atoms with van der Waals surface area (Å²) >= 11 is 0. The lowest BCUT2D eigenvalue weighted by Gasteiger charge is -2.43. The van der Waals surface area contributed by atoms with Gasteiger partial charge in [0.2, 0.25) is 0 Å². The van der Waals surface area contributed by atoms with Gasteiger partial charge in [-0.05, 0) is 0 Å². The molecule has 2 rings (SSSR count). The van der Waals surface area contributed by atoms with E-state index in [1.807, 2.05) is 0 Å². The molecule has 0 bridgehead atoms. The summed E-state index contributed by atoms with van der Waals surface area (Å²) in [5.41, 5.74) is 0. The van der Waals surface area contributed by atoms with Gasteiger partial charge in [0, 0.05) is 0 Å². The van der Waals surface area contributed by atoms with Crippen LogP contribution in [0.2, 0.25) is 0 Å². The first-order chi connectivity index (χ1) is 9.86. The fourth-order valence-corrected chi connectivity index (χ4v) is 2.29. The van der Waals surface area contributed by atoms with Crippen LogP contribution < -0.4 is 0 Å². The Morgan fingerprint density at radius 3 is 2.19 bits per heavy atom. The minimum absolute atomic E-state index is 0.305. The third kappa shape index (κ3) is 3.35. The Balaban J connectivity index is 2.06. The van der Waals surface area contributed by atoms with Crippen molar-refractivity contribution in [3.05, 3.63) is 0 Å². The summed E-state index contributed by atoms with van der Waals surface area (Å²) in [6.45, 7) is -0.938. The number of rotatable bonds is 3. The van der Waals surface area contributed by atoms with Gasteiger partial charge in [-0.1, -0.05) is 0 Å². The molecular weight excluding hydrogens is 292 g/mol. The molecule has 2 aliphatic rings. The summed E-state index contributed by atoms with van der Waals surface area (Å²) in [6.07, 6.45) is -13.3. The monoisotopic (exact) mass is 312 g/mol. The predicted octanol–water partition coefficient (Wildman–Crippen LogP) is -4.76. The molecule has 0 aliphatic carbocycles. The lowest BCUT2D eigenvalue weighted by molar-refractivity contribution is -0.345. The number of aliphatic hydroxyl groups is 7. The van der Waals surface area contributed by atoms with E-state index in [1.165, 1.54) is 0 Å². The quantitative estimate of drug-likeness (QED) is 0.268. The van der Waals surface area contributed by atoms with Crippen LogP contribution in [0.4, 0.5) is 0 Å². The Bertz CT molecular complexity index is 339. The van der Waals surface area contributed by atoms with Gasteiger partial charge in [-0.3, -0.25) is 0 Å². The van der Waals surface area contributed by atoms with Gasteiger partial charge < -0.3 is 50.0 Å². The number of hydrogen-bond donors (Lipinski definition) is 7. The van der Waals surface area contributed by atoms with Gasteiger partial charge in [-0.15, -0.1) is 0 Å². The van der Waals surface area contributed by atoms with Crippen molar-refractivity contribution in [2.45, 2.75) is 55.3 Å². The molecule has 0 aromatic carbocycles. The van der Waals surface area contributed by atoms with Crippen LogP contribution in [0.1, 0.15) is 0 Å². The normalized spacial score (nSPS) is 51.9. The van der Waals surface area contributed by atoms with Crippen LogP contribution in [0.15, 0.2) is 0 Å². The Morgan fingerprint density at radius 2 is 1.57 bits per heavy atom. The van der Waals surface area contributed by atoms with E-state index in [-0.39, 0.29) is 6.61 Å². The Labute approximate surface area is 119 Å². The minimum atomic E-state index is -1.66. The third-order valence-electron chi connectivity index (χ3n) is 3.59. The van der Waals surface area contributed by atoms with Crippen molar-refractivity contribution in [3.63, 3.8) is 0 Å². The molecule has 0 spiro atoms. The molecule has 21 heavy (non-hydrogen) atoms. The van der Waals surface area contributed by atoms with Crippen molar-refractivity contribution in [1.29, 1.82) is 0 Å². The lowest BCUT2D eigenvalue weighted by Crippen LogP contribution is -2.62. The molecule has 9 atom stereocenters. The molecule has 124 valence electrons. The molecule has 2 heterocycles. The van der Waals surface area contributed by atoms with E-state index in [1.54, 1.807) is 0 Å². The molecular formula is C11H20O10. The van der Waals surface area contributed by atoms with Crippen LogP contribution in [0.25, 0.3) is 0 Å². The minimum Gasteiger partial charge on any atom is -0.394 e. The van der Waals surface area contributed by atoms with E-state index in [4.69, 9.17) is 14.6 Å². The van der Waals surface area contributed by atoms with Crippen LogP contribution >= 0.6 is 0 Å². The van der Waals surface area contributed by atoms with Crippen molar-refractivity contribution in [2.24, 2.45) is 0 Å². The smallest absolute Gasteiger partial charge is 0.187 e. The second-order valence-corrected chi connectivity index (χ2v) is 5.08.